The first kappa shape index (κ1) is 4.45. The molecule has 0 aromatic rings. The molecular weight excluding hydrogens is 63.0 g/mol. The van der Waals surface area contributed by atoms with E-state index in [4.69, 9.17) is 5.26 Å². The molecule has 0 aliphatic heterocycles. The standard InChI is InChI=1S/C3H6N2/c1-5-3-2-4/h5H,3H2,1H3/i2-1. The van der Waals surface area contributed by atoms with E-state index in [-0.39, 0.29) is 0 Å². The number of nitriles is 1. The molecule has 1 N–H and O–H groups in total. The largest absolute Gasteiger partial charge is 0.308 e. The molecule has 0 unspecified atom stereocenters. The molecule has 0 spiro atoms. The highest BCUT2D eigenvalue weighted by Crippen LogP contribution is 1.38. The Morgan fingerprint density at radius 3 is 2.60 bits per heavy atom. The molecule has 0 heterocycles. The van der Waals surface area contributed by atoms with Gasteiger partial charge in [-0.25, -0.2) is 0 Å². The van der Waals surface area contributed by atoms with E-state index in [1.807, 2.05) is 6.07 Å². The van der Waals surface area contributed by atoms with Gasteiger partial charge >= 0.3 is 0 Å². The van der Waals surface area contributed by atoms with E-state index in [0.29, 0.717) is 6.54 Å². The Bertz CT molecular complexity index is 43.3. The predicted octanol–water partition coefficient (Wildman–Crippen LogP) is -0.271. The van der Waals surface area contributed by atoms with Crippen LogP contribution in [0.3, 0.4) is 0 Å². The molecule has 28 valence electrons. The number of nitrogens with one attached hydrogen (secondary N) is 1. The van der Waals surface area contributed by atoms with Gasteiger partial charge in [-0.15, -0.1) is 0 Å². The summed E-state index contributed by atoms with van der Waals surface area (Å²) in [6, 6.07) is 1.91. The topological polar surface area (TPSA) is 35.8 Å². The van der Waals surface area contributed by atoms with Gasteiger partial charge < -0.3 is 5.32 Å². The molecule has 0 saturated carbocycles. The van der Waals surface area contributed by atoms with Crippen molar-refractivity contribution in [3.63, 3.8) is 0 Å². The zero-order valence-corrected chi connectivity index (χ0v) is 3.15. The normalized spacial score (nSPS) is 6.40. The fourth-order valence-corrected chi connectivity index (χ4v) is 0.0791. The molecule has 0 saturated heterocycles. The van der Waals surface area contributed by atoms with Crippen LogP contribution < -0.4 is 5.32 Å². The van der Waals surface area contributed by atoms with Crippen LogP contribution in [0.4, 0.5) is 0 Å². The van der Waals surface area contributed by atoms with Crippen LogP contribution >= 0.6 is 0 Å². The van der Waals surface area contributed by atoms with Gasteiger partial charge in [-0.3, -0.25) is 0 Å². The summed E-state index contributed by atoms with van der Waals surface area (Å²) in [5, 5.41) is 10.4. The summed E-state index contributed by atoms with van der Waals surface area (Å²) < 4.78 is 0. The summed E-state index contributed by atoms with van der Waals surface area (Å²) in [5.74, 6) is 0. The van der Waals surface area contributed by atoms with Crippen LogP contribution in [-0.4, -0.2) is 13.6 Å². The maximum absolute atomic E-state index is 7.75. The predicted molar refractivity (Wildman–Crippen MR) is 19.5 cm³/mol. The van der Waals surface area contributed by atoms with Gasteiger partial charge in [-0.1, -0.05) is 0 Å². The third-order valence-electron chi connectivity index (χ3n) is 0.256. The minimum absolute atomic E-state index is 0.444. The van der Waals surface area contributed by atoms with Crippen molar-refractivity contribution in [1.82, 2.24) is 5.32 Å². The first-order chi connectivity index (χ1) is 2.41. The van der Waals surface area contributed by atoms with Crippen molar-refractivity contribution in [2.75, 3.05) is 13.6 Å². The van der Waals surface area contributed by atoms with E-state index in [1.165, 1.54) is 0 Å². The fraction of sp³-hybridized carbons (Fsp3) is 0.667. The summed E-state index contributed by atoms with van der Waals surface area (Å²) >= 11 is 0. The molecule has 0 bridgehead atoms. The molecule has 2 nitrogen and oxygen atoms in total. The molecule has 0 aromatic carbocycles. The van der Waals surface area contributed by atoms with Gasteiger partial charge in [-0.2, -0.15) is 5.26 Å². The molecule has 0 amide bonds. The van der Waals surface area contributed by atoms with Crippen molar-refractivity contribution in [2.24, 2.45) is 0 Å². The van der Waals surface area contributed by atoms with Crippen molar-refractivity contribution in [3.05, 3.63) is 0 Å². The first-order valence-electron chi connectivity index (χ1n) is 1.43. The zero-order chi connectivity index (χ0) is 4.12. The molecule has 0 radical (unpaired) electrons. The number of rotatable bonds is 1. The number of nitrogens with zero attached hydrogens (tertiary/aromatic N) is 1. The smallest absolute Gasteiger partial charge is 0.0838 e. The Labute approximate surface area is 31.4 Å². The molecule has 2 heteroatoms. The molecular formula is C3H6N2. The molecule has 0 aromatic heterocycles. The minimum atomic E-state index is 0.444. The summed E-state index contributed by atoms with van der Waals surface area (Å²) in [5.41, 5.74) is 0. The maximum Gasteiger partial charge on any atom is 0.0838 e. The van der Waals surface area contributed by atoms with Crippen LogP contribution in [0, 0.1) is 11.3 Å². The summed E-state index contributed by atoms with van der Waals surface area (Å²) in [6.07, 6.45) is 0. The van der Waals surface area contributed by atoms with Crippen molar-refractivity contribution in [1.29, 1.82) is 5.26 Å². The van der Waals surface area contributed by atoms with E-state index >= 15 is 0 Å². The first-order valence-corrected chi connectivity index (χ1v) is 1.43. The zero-order valence-electron chi connectivity index (χ0n) is 3.15. The van der Waals surface area contributed by atoms with Crippen LogP contribution in [-0.2, 0) is 0 Å². The van der Waals surface area contributed by atoms with E-state index in [9.17, 15) is 0 Å². The Kier molecular flexibility index (Phi) is 3.07. The van der Waals surface area contributed by atoms with E-state index in [1.54, 1.807) is 7.05 Å². The Hall–Kier alpha value is -0.550. The Morgan fingerprint density at radius 1 is 2.00 bits per heavy atom. The molecule has 0 aliphatic rings. The van der Waals surface area contributed by atoms with Gasteiger partial charge in [-0.05, 0) is 7.05 Å². The van der Waals surface area contributed by atoms with Gasteiger partial charge in [0, 0.05) is 0 Å². The SMILES string of the molecule is CNC[11C]#N. The van der Waals surface area contributed by atoms with Crippen LogP contribution in [0.15, 0.2) is 0 Å². The minimum Gasteiger partial charge on any atom is -0.308 e. The Balaban J connectivity index is 2.48. The van der Waals surface area contributed by atoms with Gasteiger partial charge in [0.15, 0.2) is 0 Å². The molecule has 0 aliphatic carbocycles. The highest BCUT2D eigenvalue weighted by atomic mass is 14.8. The average molecular weight is 69.1 g/mol. The molecule has 0 fully saturated rings. The summed E-state index contributed by atoms with van der Waals surface area (Å²) in [4.78, 5) is 0. The van der Waals surface area contributed by atoms with E-state index in [0.717, 1.165) is 0 Å². The highest BCUT2D eigenvalue weighted by Gasteiger charge is 1.60. The van der Waals surface area contributed by atoms with Crippen molar-refractivity contribution in [3.8, 4) is 6.07 Å². The van der Waals surface area contributed by atoms with Crippen molar-refractivity contribution >= 4 is 0 Å². The molecule has 0 atom stereocenters. The highest BCUT2D eigenvalue weighted by molar-refractivity contribution is 4.69. The van der Waals surface area contributed by atoms with Gasteiger partial charge in [0.2, 0.25) is 0 Å². The number of hydrogen-bond donors (Lipinski definition) is 1. The molecule has 5 heavy (non-hydrogen) atoms. The summed E-state index contributed by atoms with van der Waals surface area (Å²) in [7, 11) is 1.74. The summed E-state index contributed by atoms with van der Waals surface area (Å²) in [6.45, 7) is 0.444. The van der Waals surface area contributed by atoms with Gasteiger partial charge in [0.25, 0.3) is 0 Å². The van der Waals surface area contributed by atoms with Crippen LogP contribution in [0.25, 0.3) is 0 Å². The molecule has 0 rings (SSSR count). The quantitative estimate of drug-likeness (QED) is 0.430. The third kappa shape index (κ3) is 3.45. The number of hydrogen-bond acceptors (Lipinski definition) is 2. The van der Waals surface area contributed by atoms with Crippen molar-refractivity contribution < 1.29 is 0 Å². The average Bonchev–Trinajstić information content (AvgIpc) is 1.41. The maximum atomic E-state index is 7.75. The van der Waals surface area contributed by atoms with Crippen LogP contribution in [0.1, 0.15) is 0 Å². The Morgan fingerprint density at radius 2 is 2.60 bits per heavy atom. The van der Waals surface area contributed by atoms with E-state index < -0.39 is 0 Å². The monoisotopic (exact) mass is 69.1 g/mol. The van der Waals surface area contributed by atoms with Crippen molar-refractivity contribution in [2.45, 2.75) is 0 Å². The lowest BCUT2D eigenvalue weighted by Gasteiger charge is -1.73. The lowest BCUT2D eigenvalue weighted by atomic mass is 10.2. The van der Waals surface area contributed by atoms with Crippen LogP contribution in [0.5, 0.6) is 0 Å². The van der Waals surface area contributed by atoms with Gasteiger partial charge in [0.05, 0.1) is 12.6 Å². The second-order valence-corrected chi connectivity index (χ2v) is 0.688. The second-order valence-electron chi connectivity index (χ2n) is 0.688. The van der Waals surface area contributed by atoms with E-state index in [2.05, 4.69) is 5.32 Å². The van der Waals surface area contributed by atoms with Crippen LogP contribution in [0.2, 0.25) is 0 Å². The lowest BCUT2D eigenvalue weighted by molar-refractivity contribution is 0.928. The fourth-order valence-electron chi connectivity index (χ4n) is 0.0791. The third-order valence-corrected chi connectivity index (χ3v) is 0.256. The van der Waals surface area contributed by atoms with Gasteiger partial charge in [0.1, 0.15) is 0 Å². The lowest BCUT2D eigenvalue weighted by Crippen LogP contribution is -2.03. The second kappa shape index (κ2) is 3.45.